The van der Waals surface area contributed by atoms with Crippen LogP contribution in [0.25, 0.3) is 22.3 Å². The van der Waals surface area contributed by atoms with Gasteiger partial charge in [-0.3, -0.25) is 9.89 Å². The molecule has 0 spiro atoms. The summed E-state index contributed by atoms with van der Waals surface area (Å²) < 4.78 is 4.36. The second kappa shape index (κ2) is 8.81. The number of hydrogen-bond donors (Lipinski definition) is 2. The quantitative estimate of drug-likeness (QED) is 0.429. The van der Waals surface area contributed by atoms with E-state index in [1.165, 1.54) is 0 Å². The lowest BCUT2D eigenvalue weighted by Crippen LogP contribution is -2.27. The number of nitrogens with zero attached hydrogens (tertiary/aromatic N) is 5. The zero-order chi connectivity index (χ0) is 22.0. The monoisotopic (exact) mass is 435 g/mol. The Morgan fingerprint density at radius 1 is 1.26 bits per heavy atom. The Morgan fingerprint density at radius 3 is 2.74 bits per heavy atom. The molecule has 0 aliphatic heterocycles. The lowest BCUT2D eigenvalue weighted by Gasteiger charge is -2.11. The molecule has 8 nitrogen and oxygen atoms in total. The van der Waals surface area contributed by atoms with Gasteiger partial charge >= 0.3 is 0 Å². The molecule has 0 saturated heterocycles. The van der Waals surface area contributed by atoms with Crippen LogP contribution in [0.1, 0.15) is 43.0 Å². The third-order valence-corrected chi connectivity index (χ3v) is 5.47. The van der Waals surface area contributed by atoms with Gasteiger partial charge in [-0.15, -0.1) is 0 Å². The van der Waals surface area contributed by atoms with Crippen molar-refractivity contribution in [2.45, 2.75) is 39.8 Å². The number of pyridine rings is 1. The highest BCUT2D eigenvalue weighted by atomic mass is 32.1. The molecule has 0 radical (unpaired) electrons. The molecule has 0 aliphatic carbocycles. The van der Waals surface area contributed by atoms with Gasteiger partial charge in [-0.25, -0.2) is 9.67 Å². The normalized spacial score (nSPS) is 11.4. The van der Waals surface area contributed by atoms with Crippen LogP contribution < -0.4 is 5.32 Å². The van der Waals surface area contributed by atoms with Crippen LogP contribution in [-0.2, 0) is 13.0 Å². The van der Waals surface area contributed by atoms with E-state index in [1.807, 2.05) is 66.4 Å². The minimum absolute atomic E-state index is 0.128. The fourth-order valence-corrected chi connectivity index (χ4v) is 3.87. The van der Waals surface area contributed by atoms with Gasteiger partial charge in [-0.05, 0) is 39.1 Å². The molecule has 0 fully saturated rings. The van der Waals surface area contributed by atoms with E-state index in [-0.39, 0.29) is 11.9 Å². The zero-order valence-electron chi connectivity index (χ0n) is 17.8. The molecule has 4 aromatic rings. The molecule has 0 aliphatic rings. The molecule has 0 saturated carbocycles. The number of rotatable bonds is 7. The molecular weight excluding hydrogens is 410 g/mol. The summed E-state index contributed by atoms with van der Waals surface area (Å²) >= 11 is 5.23. The molecule has 0 atom stereocenters. The zero-order valence-corrected chi connectivity index (χ0v) is 18.6. The van der Waals surface area contributed by atoms with Crippen molar-refractivity contribution in [1.29, 1.82) is 0 Å². The van der Waals surface area contributed by atoms with Gasteiger partial charge in [-0.2, -0.15) is 10.2 Å². The van der Waals surface area contributed by atoms with Crippen molar-refractivity contribution in [2.24, 2.45) is 0 Å². The number of H-pyrrole nitrogens is 1. The van der Waals surface area contributed by atoms with E-state index in [0.29, 0.717) is 28.9 Å². The molecule has 31 heavy (non-hydrogen) atoms. The maximum absolute atomic E-state index is 13.1. The number of aromatic nitrogens is 6. The predicted octanol–water partition coefficient (Wildman–Crippen LogP) is 3.93. The average molecular weight is 436 g/mol. The molecule has 9 heteroatoms. The molecule has 3 heterocycles. The van der Waals surface area contributed by atoms with Crippen molar-refractivity contribution >= 4 is 29.2 Å². The minimum Gasteiger partial charge on any atom is -0.352 e. The smallest absolute Gasteiger partial charge is 0.252 e. The van der Waals surface area contributed by atoms with Gasteiger partial charge in [0.2, 0.25) is 0 Å². The largest absolute Gasteiger partial charge is 0.352 e. The third-order valence-electron chi connectivity index (χ3n) is 5.16. The first-order valence-corrected chi connectivity index (χ1v) is 10.8. The van der Waals surface area contributed by atoms with Crippen LogP contribution >= 0.6 is 12.2 Å². The van der Waals surface area contributed by atoms with E-state index in [4.69, 9.17) is 17.2 Å². The van der Waals surface area contributed by atoms with Gasteiger partial charge in [0.15, 0.2) is 10.4 Å². The number of fused-ring (bicyclic) bond motifs is 1. The predicted molar refractivity (Wildman–Crippen MR) is 122 cm³/mol. The topological polar surface area (TPSA) is 93.4 Å². The first kappa shape index (κ1) is 20.9. The third kappa shape index (κ3) is 4.13. The summed E-state index contributed by atoms with van der Waals surface area (Å²) in [6.07, 6.45) is 2.30. The molecule has 3 aromatic heterocycles. The minimum atomic E-state index is -0.162. The average Bonchev–Trinajstić information content (AvgIpc) is 3.36. The van der Waals surface area contributed by atoms with E-state index in [1.54, 1.807) is 6.20 Å². The molecule has 1 aromatic carbocycles. The van der Waals surface area contributed by atoms with Crippen molar-refractivity contribution in [3.63, 3.8) is 0 Å². The fourth-order valence-electron chi connectivity index (χ4n) is 3.59. The first-order chi connectivity index (χ1) is 15.0. The second-order valence-corrected chi connectivity index (χ2v) is 7.92. The van der Waals surface area contributed by atoms with Gasteiger partial charge < -0.3 is 9.88 Å². The Kier molecular flexibility index (Phi) is 5.94. The van der Waals surface area contributed by atoms with Crippen molar-refractivity contribution in [3.05, 3.63) is 58.8 Å². The van der Waals surface area contributed by atoms with Crippen molar-refractivity contribution < 1.29 is 4.79 Å². The lowest BCUT2D eigenvalue weighted by atomic mass is 10.1. The Balaban J connectivity index is 1.65. The standard InChI is InChI=1S/C22H25N7OS/c1-4-28-19(26-27-22(28)31)10-11-23-21(30)16-12-18(15-8-6-5-7-9-15)25-20-17(16)13-24-29(20)14(2)3/h5-9,12-14H,4,10-11H2,1-3H3,(H,23,30)(H,27,31). The van der Waals surface area contributed by atoms with Gasteiger partial charge in [0.1, 0.15) is 5.82 Å². The summed E-state index contributed by atoms with van der Waals surface area (Å²) in [6.45, 7) is 7.28. The number of amides is 1. The van der Waals surface area contributed by atoms with E-state index >= 15 is 0 Å². The van der Waals surface area contributed by atoms with Crippen LogP contribution in [0.3, 0.4) is 0 Å². The molecule has 0 bridgehead atoms. The Morgan fingerprint density at radius 2 is 2.03 bits per heavy atom. The van der Waals surface area contributed by atoms with Crippen molar-refractivity contribution in [1.82, 2.24) is 34.8 Å². The highest BCUT2D eigenvalue weighted by Crippen LogP contribution is 2.26. The summed E-state index contributed by atoms with van der Waals surface area (Å²) in [6, 6.07) is 11.8. The van der Waals surface area contributed by atoms with Crippen molar-refractivity contribution in [2.75, 3.05) is 6.54 Å². The lowest BCUT2D eigenvalue weighted by molar-refractivity contribution is 0.0955. The van der Waals surface area contributed by atoms with E-state index in [2.05, 4.69) is 20.6 Å². The van der Waals surface area contributed by atoms with Crippen LogP contribution in [0, 0.1) is 4.77 Å². The van der Waals surface area contributed by atoms with Crippen molar-refractivity contribution in [3.8, 4) is 11.3 Å². The fraction of sp³-hybridized carbons (Fsp3) is 0.318. The molecule has 160 valence electrons. The summed E-state index contributed by atoms with van der Waals surface area (Å²) in [5, 5.41) is 15.3. The maximum atomic E-state index is 13.1. The van der Waals surface area contributed by atoms with E-state index in [9.17, 15) is 4.79 Å². The summed E-state index contributed by atoms with van der Waals surface area (Å²) in [7, 11) is 0. The van der Waals surface area contributed by atoms with Crippen LogP contribution in [0.5, 0.6) is 0 Å². The summed E-state index contributed by atoms with van der Waals surface area (Å²) in [5.41, 5.74) is 2.96. The molecule has 0 unspecified atom stereocenters. The van der Waals surface area contributed by atoms with Gasteiger partial charge in [0.05, 0.1) is 22.8 Å². The van der Waals surface area contributed by atoms with E-state index < -0.39 is 0 Å². The van der Waals surface area contributed by atoms with Gasteiger partial charge in [0.25, 0.3) is 5.91 Å². The summed E-state index contributed by atoms with van der Waals surface area (Å²) in [5.74, 6) is 0.662. The number of aromatic amines is 1. The highest BCUT2D eigenvalue weighted by Gasteiger charge is 2.18. The summed E-state index contributed by atoms with van der Waals surface area (Å²) in [4.78, 5) is 18.0. The first-order valence-electron chi connectivity index (χ1n) is 10.4. The number of hydrogen-bond acceptors (Lipinski definition) is 5. The van der Waals surface area contributed by atoms with Gasteiger partial charge in [-0.1, -0.05) is 30.3 Å². The second-order valence-electron chi connectivity index (χ2n) is 7.54. The number of carbonyl (C=O) groups excluding carboxylic acids is 1. The van der Waals surface area contributed by atoms with Crippen LogP contribution in [0.4, 0.5) is 0 Å². The Hall–Kier alpha value is -3.33. The SMILES string of the molecule is CCn1c(CCNC(=O)c2cc(-c3ccccc3)nc3c2cnn3C(C)C)n[nH]c1=S. The van der Waals surface area contributed by atoms with Crippen LogP contribution in [0.2, 0.25) is 0 Å². The van der Waals surface area contributed by atoms with Gasteiger partial charge in [0, 0.05) is 31.1 Å². The number of benzene rings is 1. The number of nitrogens with one attached hydrogen (secondary N) is 2. The molecule has 2 N–H and O–H groups in total. The van der Waals surface area contributed by atoms with E-state index in [0.717, 1.165) is 29.0 Å². The Bertz CT molecular complexity index is 1270. The molecule has 1 amide bonds. The molecule has 4 rings (SSSR count). The highest BCUT2D eigenvalue weighted by molar-refractivity contribution is 7.71. The molecular formula is C22H25N7OS. The van der Waals surface area contributed by atoms with Crippen LogP contribution in [0.15, 0.2) is 42.6 Å². The number of carbonyl (C=O) groups is 1. The van der Waals surface area contributed by atoms with Crippen LogP contribution in [-0.4, -0.2) is 42.0 Å². The Labute approximate surface area is 185 Å². The maximum Gasteiger partial charge on any atom is 0.252 e.